The van der Waals surface area contributed by atoms with Crippen LogP contribution in [0.4, 0.5) is 4.79 Å². The first-order valence-electron chi connectivity index (χ1n) is 9.75. The number of ketones is 1. The third kappa shape index (κ3) is 8.60. The van der Waals surface area contributed by atoms with Crippen molar-refractivity contribution in [2.75, 3.05) is 13.6 Å². The van der Waals surface area contributed by atoms with Crippen molar-refractivity contribution >= 4 is 23.8 Å². The fourth-order valence-corrected chi connectivity index (χ4v) is 2.20. The van der Waals surface area contributed by atoms with Crippen LogP contribution >= 0.6 is 0 Å². The lowest BCUT2D eigenvalue weighted by Gasteiger charge is -2.19. The molecule has 0 saturated heterocycles. The van der Waals surface area contributed by atoms with E-state index >= 15 is 0 Å². The van der Waals surface area contributed by atoms with Gasteiger partial charge in [-0.15, -0.1) is 0 Å². The van der Waals surface area contributed by atoms with E-state index in [1.165, 1.54) is 18.7 Å². The van der Waals surface area contributed by atoms with Crippen LogP contribution in [0.2, 0.25) is 0 Å². The van der Waals surface area contributed by atoms with E-state index < -0.39 is 30.1 Å². The van der Waals surface area contributed by atoms with Gasteiger partial charge in [-0.2, -0.15) is 0 Å². The molecule has 1 aromatic carbocycles. The standard InChI is InChI=1S/C21H31N3O6/c1-13(2)18(22)19(26)23-15(4)20(27)30-17-8-6-16(7-9-17)12-29-21(28)24(5)11-10-14(3)25/h6-9,13,15,18H,10-12,22H2,1-5H3,(H,23,26)/t15-,18-/m0/s1. The highest BCUT2D eigenvalue weighted by atomic mass is 16.6. The molecule has 0 saturated carbocycles. The molecule has 2 amide bonds. The van der Waals surface area contributed by atoms with Crippen molar-refractivity contribution < 1.29 is 28.7 Å². The molecule has 0 bridgehead atoms. The van der Waals surface area contributed by atoms with Crippen LogP contribution in [0.3, 0.4) is 0 Å². The van der Waals surface area contributed by atoms with Crippen LogP contribution in [0.15, 0.2) is 24.3 Å². The van der Waals surface area contributed by atoms with E-state index in [4.69, 9.17) is 15.2 Å². The summed E-state index contributed by atoms with van der Waals surface area (Å²) in [5.41, 5.74) is 6.46. The zero-order valence-electron chi connectivity index (χ0n) is 18.1. The van der Waals surface area contributed by atoms with Crippen LogP contribution in [-0.2, 0) is 25.7 Å². The summed E-state index contributed by atoms with van der Waals surface area (Å²) in [6, 6.07) is 4.88. The number of nitrogens with two attached hydrogens (primary N) is 1. The number of amides is 2. The van der Waals surface area contributed by atoms with Gasteiger partial charge in [0.05, 0.1) is 6.04 Å². The second-order valence-electron chi connectivity index (χ2n) is 7.49. The average Bonchev–Trinajstić information content (AvgIpc) is 2.70. The van der Waals surface area contributed by atoms with Crippen LogP contribution in [0, 0.1) is 5.92 Å². The summed E-state index contributed by atoms with van der Waals surface area (Å²) in [7, 11) is 1.56. The Morgan fingerprint density at radius 1 is 1.10 bits per heavy atom. The summed E-state index contributed by atoms with van der Waals surface area (Å²) >= 11 is 0. The monoisotopic (exact) mass is 421 g/mol. The van der Waals surface area contributed by atoms with E-state index in [1.807, 2.05) is 13.8 Å². The van der Waals surface area contributed by atoms with Crippen molar-refractivity contribution in [1.29, 1.82) is 0 Å². The molecule has 166 valence electrons. The Labute approximate surface area is 176 Å². The highest BCUT2D eigenvalue weighted by Crippen LogP contribution is 2.14. The third-order valence-corrected chi connectivity index (χ3v) is 4.35. The number of nitrogens with zero attached hydrogens (tertiary/aromatic N) is 1. The second kappa shape index (κ2) is 11.9. The lowest BCUT2D eigenvalue weighted by Crippen LogP contribution is -2.50. The van der Waals surface area contributed by atoms with Crippen LogP contribution in [0.1, 0.15) is 39.7 Å². The average molecular weight is 421 g/mol. The molecule has 9 nitrogen and oxygen atoms in total. The van der Waals surface area contributed by atoms with E-state index in [0.29, 0.717) is 17.9 Å². The molecule has 0 unspecified atom stereocenters. The number of nitrogens with one attached hydrogen (secondary N) is 1. The molecular formula is C21H31N3O6. The van der Waals surface area contributed by atoms with Gasteiger partial charge in [-0.25, -0.2) is 9.59 Å². The second-order valence-corrected chi connectivity index (χ2v) is 7.49. The molecule has 0 heterocycles. The maximum Gasteiger partial charge on any atom is 0.409 e. The van der Waals surface area contributed by atoms with Gasteiger partial charge in [-0.3, -0.25) is 9.59 Å². The first-order valence-corrected chi connectivity index (χ1v) is 9.75. The fourth-order valence-electron chi connectivity index (χ4n) is 2.20. The molecule has 0 aliphatic carbocycles. The Morgan fingerprint density at radius 3 is 2.23 bits per heavy atom. The van der Waals surface area contributed by atoms with Crippen molar-refractivity contribution in [3.05, 3.63) is 29.8 Å². The minimum Gasteiger partial charge on any atom is -0.445 e. The first-order chi connectivity index (χ1) is 14.0. The number of hydrogen-bond acceptors (Lipinski definition) is 7. The Kier molecular flexibility index (Phi) is 9.97. The normalized spacial score (nSPS) is 12.6. The van der Waals surface area contributed by atoms with Gasteiger partial charge >= 0.3 is 12.1 Å². The topological polar surface area (TPSA) is 128 Å². The molecule has 0 spiro atoms. The van der Waals surface area contributed by atoms with E-state index in [2.05, 4.69) is 5.32 Å². The predicted molar refractivity (Wildman–Crippen MR) is 111 cm³/mol. The van der Waals surface area contributed by atoms with Gasteiger partial charge in [0.1, 0.15) is 24.2 Å². The molecule has 9 heteroatoms. The van der Waals surface area contributed by atoms with Gasteiger partial charge in [-0.05, 0) is 37.5 Å². The summed E-state index contributed by atoms with van der Waals surface area (Å²) in [5, 5.41) is 2.53. The Hall–Kier alpha value is -2.94. The zero-order chi connectivity index (χ0) is 22.8. The summed E-state index contributed by atoms with van der Waals surface area (Å²) in [6.45, 7) is 6.94. The number of benzene rings is 1. The van der Waals surface area contributed by atoms with Gasteiger partial charge < -0.3 is 25.4 Å². The lowest BCUT2D eigenvalue weighted by molar-refractivity contribution is -0.139. The van der Waals surface area contributed by atoms with Gasteiger partial charge in [0.2, 0.25) is 5.91 Å². The molecule has 1 aromatic rings. The van der Waals surface area contributed by atoms with Crippen molar-refractivity contribution in [3.8, 4) is 5.75 Å². The maximum absolute atomic E-state index is 12.1. The van der Waals surface area contributed by atoms with E-state index in [-0.39, 0.29) is 24.7 Å². The predicted octanol–water partition coefficient (Wildman–Crippen LogP) is 1.63. The van der Waals surface area contributed by atoms with Gasteiger partial charge in [-0.1, -0.05) is 26.0 Å². The van der Waals surface area contributed by atoms with Crippen LogP contribution in [-0.4, -0.2) is 54.3 Å². The van der Waals surface area contributed by atoms with Crippen LogP contribution in [0.25, 0.3) is 0 Å². The van der Waals surface area contributed by atoms with Crippen molar-refractivity contribution in [2.45, 2.75) is 52.8 Å². The number of Topliss-reactive ketones (excluding diaryl/α,β-unsaturated/α-hetero) is 1. The molecule has 2 atom stereocenters. The SMILES string of the molecule is CC(=O)CCN(C)C(=O)OCc1ccc(OC(=O)[C@H](C)NC(=O)[C@@H](N)C(C)C)cc1. The summed E-state index contributed by atoms with van der Waals surface area (Å²) < 4.78 is 10.4. The Balaban J connectivity index is 2.50. The number of carbonyl (C=O) groups excluding carboxylic acids is 4. The smallest absolute Gasteiger partial charge is 0.409 e. The molecule has 0 radical (unpaired) electrons. The van der Waals surface area contributed by atoms with Gasteiger partial charge in [0.25, 0.3) is 0 Å². The molecule has 30 heavy (non-hydrogen) atoms. The van der Waals surface area contributed by atoms with E-state index in [9.17, 15) is 19.2 Å². The number of carbonyl (C=O) groups is 4. The first kappa shape index (κ1) is 25.1. The molecular weight excluding hydrogens is 390 g/mol. The molecule has 0 fully saturated rings. The summed E-state index contributed by atoms with van der Waals surface area (Å²) in [5.74, 6) is -0.798. The number of rotatable bonds is 10. The minimum absolute atomic E-state index is 0.00330. The lowest BCUT2D eigenvalue weighted by atomic mass is 10.0. The summed E-state index contributed by atoms with van der Waals surface area (Å²) in [4.78, 5) is 48.3. The molecule has 1 rings (SSSR count). The molecule has 3 N–H and O–H groups in total. The van der Waals surface area contributed by atoms with Crippen molar-refractivity contribution in [2.24, 2.45) is 11.7 Å². The quantitative estimate of drug-likeness (QED) is 0.434. The van der Waals surface area contributed by atoms with Gasteiger partial charge in [0, 0.05) is 20.0 Å². The Bertz CT molecular complexity index is 748. The van der Waals surface area contributed by atoms with Crippen molar-refractivity contribution in [3.63, 3.8) is 0 Å². The highest BCUT2D eigenvalue weighted by molar-refractivity contribution is 5.88. The molecule has 0 aliphatic heterocycles. The van der Waals surface area contributed by atoms with E-state index in [1.54, 1.807) is 31.3 Å². The molecule has 0 aliphatic rings. The zero-order valence-corrected chi connectivity index (χ0v) is 18.1. The van der Waals surface area contributed by atoms with E-state index in [0.717, 1.165) is 0 Å². The van der Waals surface area contributed by atoms with Crippen LogP contribution in [0.5, 0.6) is 5.75 Å². The number of esters is 1. The van der Waals surface area contributed by atoms with Crippen molar-refractivity contribution in [1.82, 2.24) is 10.2 Å². The molecule has 0 aromatic heterocycles. The number of hydrogen-bond donors (Lipinski definition) is 2. The summed E-state index contributed by atoms with van der Waals surface area (Å²) in [6.07, 6.45) is -0.260. The maximum atomic E-state index is 12.1. The Morgan fingerprint density at radius 2 is 1.70 bits per heavy atom. The largest absolute Gasteiger partial charge is 0.445 e. The van der Waals surface area contributed by atoms with Gasteiger partial charge in [0.15, 0.2) is 0 Å². The minimum atomic E-state index is -0.853. The fraction of sp³-hybridized carbons (Fsp3) is 0.524. The third-order valence-electron chi connectivity index (χ3n) is 4.35. The van der Waals surface area contributed by atoms with Crippen LogP contribution < -0.4 is 15.8 Å². The highest BCUT2D eigenvalue weighted by Gasteiger charge is 2.23. The number of ether oxygens (including phenoxy) is 2.